The molecule has 6 heteroatoms. The van der Waals surface area contributed by atoms with E-state index in [1.54, 1.807) is 0 Å². The molecule has 1 aliphatic rings. The summed E-state index contributed by atoms with van der Waals surface area (Å²) in [4.78, 5) is 19.3. The van der Waals surface area contributed by atoms with Gasteiger partial charge in [-0.3, -0.25) is 14.1 Å². The summed E-state index contributed by atoms with van der Waals surface area (Å²) in [5.74, 6) is -0.0659. The number of carbonyl (C=O) groups is 1. The van der Waals surface area contributed by atoms with Crippen LogP contribution in [-0.2, 0) is 4.74 Å². The van der Waals surface area contributed by atoms with Crippen LogP contribution < -0.4 is 5.32 Å². The molecule has 6 nitrogen and oxygen atoms in total. The van der Waals surface area contributed by atoms with Gasteiger partial charge in [-0.25, -0.2) is 4.98 Å². The molecule has 1 saturated heterocycles. The quantitative estimate of drug-likeness (QED) is 0.916. The van der Waals surface area contributed by atoms with E-state index in [1.807, 2.05) is 36.6 Å². The van der Waals surface area contributed by atoms with Crippen molar-refractivity contribution in [1.82, 2.24) is 19.6 Å². The molecule has 0 radical (unpaired) electrons. The number of hydrogen-bond donors (Lipinski definition) is 1. The summed E-state index contributed by atoms with van der Waals surface area (Å²) < 4.78 is 7.19. The lowest BCUT2D eigenvalue weighted by atomic mass is 10.3. The molecular formula is C16H22N4O2. The molecule has 0 spiro atoms. The summed E-state index contributed by atoms with van der Waals surface area (Å²) >= 11 is 0. The van der Waals surface area contributed by atoms with Crippen LogP contribution in [0.5, 0.6) is 0 Å². The summed E-state index contributed by atoms with van der Waals surface area (Å²) in [5, 5.41) is 3.00. The molecule has 3 heterocycles. The maximum absolute atomic E-state index is 12.5. The summed E-state index contributed by atoms with van der Waals surface area (Å²) in [6.07, 6.45) is 1.89. The van der Waals surface area contributed by atoms with Crippen molar-refractivity contribution >= 4 is 11.6 Å². The molecule has 2 aromatic heterocycles. The van der Waals surface area contributed by atoms with Crippen LogP contribution in [0, 0.1) is 13.8 Å². The highest BCUT2D eigenvalue weighted by atomic mass is 16.5. The molecule has 118 valence electrons. The molecule has 0 aromatic carbocycles. The first-order chi connectivity index (χ1) is 10.7. The second-order valence-corrected chi connectivity index (χ2v) is 5.64. The van der Waals surface area contributed by atoms with E-state index >= 15 is 0 Å². The molecule has 22 heavy (non-hydrogen) atoms. The number of carbonyl (C=O) groups excluding carboxylic acids is 1. The Morgan fingerprint density at radius 1 is 1.36 bits per heavy atom. The SMILES string of the molecule is Cc1nc2c(C)cccn2c1C(=O)NCCN1CCOCC1. The monoisotopic (exact) mass is 302 g/mol. The van der Waals surface area contributed by atoms with E-state index in [4.69, 9.17) is 4.74 Å². The van der Waals surface area contributed by atoms with Gasteiger partial charge in [-0.05, 0) is 25.5 Å². The highest BCUT2D eigenvalue weighted by Gasteiger charge is 2.17. The maximum Gasteiger partial charge on any atom is 0.270 e. The molecule has 0 unspecified atom stereocenters. The van der Waals surface area contributed by atoms with Crippen molar-refractivity contribution < 1.29 is 9.53 Å². The molecular weight excluding hydrogens is 280 g/mol. The number of nitrogens with one attached hydrogen (secondary N) is 1. The zero-order chi connectivity index (χ0) is 15.5. The van der Waals surface area contributed by atoms with Crippen LogP contribution >= 0.6 is 0 Å². The summed E-state index contributed by atoms with van der Waals surface area (Å²) in [6, 6.07) is 3.94. The molecule has 0 bridgehead atoms. The lowest BCUT2D eigenvalue weighted by Crippen LogP contribution is -2.41. The second kappa shape index (κ2) is 6.46. The van der Waals surface area contributed by atoms with Crippen molar-refractivity contribution in [3.05, 3.63) is 35.3 Å². The number of fused-ring (bicyclic) bond motifs is 1. The van der Waals surface area contributed by atoms with E-state index in [-0.39, 0.29) is 5.91 Å². The molecule has 2 aromatic rings. The van der Waals surface area contributed by atoms with Gasteiger partial charge in [0.1, 0.15) is 11.3 Å². The third kappa shape index (κ3) is 2.98. The van der Waals surface area contributed by atoms with Crippen molar-refractivity contribution in [3.8, 4) is 0 Å². The van der Waals surface area contributed by atoms with E-state index in [9.17, 15) is 4.79 Å². The number of hydrogen-bond acceptors (Lipinski definition) is 4. The average molecular weight is 302 g/mol. The highest BCUT2D eigenvalue weighted by Crippen LogP contribution is 2.15. The van der Waals surface area contributed by atoms with Gasteiger partial charge in [0.2, 0.25) is 0 Å². The number of rotatable bonds is 4. The van der Waals surface area contributed by atoms with Crippen LogP contribution in [-0.4, -0.2) is 59.6 Å². The Balaban J connectivity index is 1.67. The molecule has 0 atom stereocenters. The average Bonchev–Trinajstić information content (AvgIpc) is 2.86. The van der Waals surface area contributed by atoms with Gasteiger partial charge in [-0.2, -0.15) is 0 Å². The third-order valence-corrected chi connectivity index (χ3v) is 4.05. The number of amides is 1. The van der Waals surface area contributed by atoms with Gasteiger partial charge >= 0.3 is 0 Å². The van der Waals surface area contributed by atoms with Crippen LogP contribution in [0.4, 0.5) is 0 Å². The Kier molecular flexibility index (Phi) is 4.40. The number of imidazole rings is 1. The summed E-state index contributed by atoms with van der Waals surface area (Å²) in [5.41, 5.74) is 3.30. The van der Waals surface area contributed by atoms with Gasteiger partial charge in [0.05, 0.1) is 18.9 Å². The predicted octanol–water partition coefficient (Wildman–Crippen LogP) is 1.01. The Morgan fingerprint density at radius 2 is 2.14 bits per heavy atom. The molecule has 3 rings (SSSR count). The van der Waals surface area contributed by atoms with E-state index in [0.717, 1.165) is 49.8 Å². The zero-order valence-corrected chi connectivity index (χ0v) is 13.1. The first kappa shape index (κ1) is 15.0. The number of aromatic nitrogens is 2. The van der Waals surface area contributed by atoms with Crippen LogP contribution in [0.1, 0.15) is 21.7 Å². The van der Waals surface area contributed by atoms with E-state index in [2.05, 4.69) is 15.2 Å². The molecule has 0 saturated carbocycles. The molecule has 1 fully saturated rings. The van der Waals surface area contributed by atoms with Crippen LogP contribution in [0.2, 0.25) is 0 Å². The number of morpholine rings is 1. The predicted molar refractivity (Wildman–Crippen MR) is 84.3 cm³/mol. The lowest BCUT2D eigenvalue weighted by molar-refractivity contribution is 0.0383. The highest BCUT2D eigenvalue weighted by molar-refractivity contribution is 5.94. The molecule has 0 aliphatic carbocycles. The van der Waals surface area contributed by atoms with Gasteiger partial charge in [-0.15, -0.1) is 0 Å². The van der Waals surface area contributed by atoms with Gasteiger partial charge in [0, 0.05) is 32.4 Å². The van der Waals surface area contributed by atoms with Crippen molar-refractivity contribution in [2.45, 2.75) is 13.8 Å². The fraction of sp³-hybridized carbons (Fsp3) is 0.500. The first-order valence-electron chi connectivity index (χ1n) is 7.69. The Morgan fingerprint density at radius 3 is 2.91 bits per heavy atom. The minimum atomic E-state index is -0.0659. The van der Waals surface area contributed by atoms with Crippen LogP contribution in [0.3, 0.4) is 0 Å². The molecule has 1 N–H and O–H groups in total. The van der Waals surface area contributed by atoms with Gasteiger partial charge in [0.25, 0.3) is 5.91 Å². The van der Waals surface area contributed by atoms with Crippen molar-refractivity contribution in [2.75, 3.05) is 39.4 Å². The van der Waals surface area contributed by atoms with Gasteiger partial charge in [0.15, 0.2) is 0 Å². The Labute approximate surface area is 130 Å². The Hall–Kier alpha value is -1.92. The largest absolute Gasteiger partial charge is 0.379 e. The standard InChI is InChI=1S/C16H22N4O2/c1-12-4-3-6-20-14(13(2)18-15(12)20)16(21)17-5-7-19-8-10-22-11-9-19/h3-4,6H,5,7-11H2,1-2H3,(H,17,21). The lowest BCUT2D eigenvalue weighted by Gasteiger charge is -2.26. The fourth-order valence-electron chi connectivity index (χ4n) is 2.83. The second-order valence-electron chi connectivity index (χ2n) is 5.64. The van der Waals surface area contributed by atoms with Crippen molar-refractivity contribution in [1.29, 1.82) is 0 Å². The smallest absolute Gasteiger partial charge is 0.270 e. The maximum atomic E-state index is 12.5. The number of aryl methyl sites for hydroxylation is 2. The number of nitrogens with zero attached hydrogens (tertiary/aromatic N) is 3. The summed E-state index contributed by atoms with van der Waals surface area (Å²) in [6.45, 7) is 8.79. The van der Waals surface area contributed by atoms with Gasteiger partial charge in [-0.1, -0.05) is 6.07 Å². The minimum absolute atomic E-state index is 0.0659. The van der Waals surface area contributed by atoms with Gasteiger partial charge < -0.3 is 10.1 Å². The van der Waals surface area contributed by atoms with E-state index < -0.39 is 0 Å². The third-order valence-electron chi connectivity index (χ3n) is 4.05. The number of pyridine rings is 1. The van der Waals surface area contributed by atoms with E-state index in [1.165, 1.54) is 0 Å². The minimum Gasteiger partial charge on any atom is -0.379 e. The number of ether oxygens (including phenoxy) is 1. The van der Waals surface area contributed by atoms with E-state index in [0.29, 0.717) is 12.2 Å². The van der Waals surface area contributed by atoms with Crippen molar-refractivity contribution in [3.63, 3.8) is 0 Å². The van der Waals surface area contributed by atoms with Crippen LogP contribution in [0.15, 0.2) is 18.3 Å². The first-order valence-corrected chi connectivity index (χ1v) is 7.69. The van der Waals surface area contributed by atoms with Crippen LogP contribution in [0.25, 0.3) is 5.65 Å². The van der Waals surface area contributed by atoms with Crippen molar-refractivity contribution in [2.24, 2.45) is 0 Å². The zero-order valence-electron chi connectivity index (χ0n) is 13.1. The summed E-state index contributed by atoms with van der Waals surface area (Å²) in [7, 11) is 0. The normalized spacial score (nSPS) is 16.1. The molecule has 1 aliphatic heterocycles. The topological polar surface area (TPSA) is 58.9 Å². The Bertz CT molecular complexity index is 674. The fourth-order valence-corrected chi connectivity index (χ4v) is 2.83. The molecule has 1 amide bonds.